The molecule has 0 saturated carbocycles. The first-order valence-corrected chi connectivity index (χ1v) is 4.71. The number of methoxy groups -OCH3 is 1. The van der Waals surface area contributed by atoms with Crippen LogP contribution in [0.1, 0.15) is 12.0 Å². The molecule has 0 radical (unpaired) electrons. The van der Waals surface area contributed by atoms with Gasteiger partial charge >= 0.3 is 0 Å². The van der Waals surface area contributed by atoms with Gasteiger partial charge in [0.05, 0.1) is 20.3 Å². The first-order chi connectivity index (χ1) is 7.22. The molecule has 1 amide bonds. The highest BCUT2D eigenvalue weighted by atomic mass is 16.5. The van der Waals surface area contributed by atoms with Gasteiger partial charge in [0.25, 0.3) is 0 Å². The molecule has 4 nitrogen and oxygen atoms in total. The first kappa shape index (κ1) is 11.5. The maximum atomic E-state index is 10.4. The number of carbonyl (C=O) groups excluding carboxylic acids is 1. The predicted molar refractivity (Wildman–Crippen MR) is 56.5 cm³/mol. The minimum atomic E-state index is -0.343. The van der Waals surface area contributed by atoms with Crippen molar-refractivity contribution in [3.8, 4) is 5.75 Å². The van der Waals surface area contributed by atoms with Crippen LogP contribution >= 0.6 is 0 Å². The Labute approximate surface area is 89.0 Å². The number of hydrogen-bond donors (Lipinski definition) is 1. The van der Waals surface area contributed by atoms with Crippen LogP contribution in [-0.2, 0) is 16.1 Å². The Morgan fingerprint density at radius 1 is 1.33 bits per heavy atom. The summed E-state index contributed by atoms with van der Waals surface area (Å²) in [6.07, 6.45) is 0.260. The van der Waals surface area contributed by atoms with Crippen molar-refractivity contribution < 1.29 is 14.3 Å². The SMILES string of the molecule is COc1ccc(COCCC(N)=O)cc1. The normalized spacial score (nSPS) is 9.93. The Morgan fingerprint density at radius 2 is 2.00 bits per heavy atom. The van der Waals surface area contributed by atoms with E-state index in [1.165, 1.54) is 0 Å². The molecule has 0 aromatic heterocycles. The molecule has 0 aliphatic rings. The van der Waals surface area contributed by atoms with E-state index in [1.807, 2.05) is 24.3 Å². The smallest absolute Gasteiger partial charge is 0.219 e. The standard InChI is InChI=1S/C11H15NO3/c1-14-10-4-2-9(3-5-10)8-15-7-6-11(12)13/h2-5H,6-8H2,1H3,(H2,12,13). The quantitative estimate of drug-likeness (QED) is 0.713. The summed E-state index contributed by atoms with van der Waals surface area (Å²) in [4.78, 5) is 10.4. The molecular weight excluding hydrogens is 194 g/mol. The fourth-order valence-corrected chi connectivity index (χ4v) is 1.08. The Morgan fingerprint density at radius 3 is 2.53 bits per heavy atom. The van der Waals surface area contributed by atoms with Crippen LogP contribution in [0.4, 0.5) is 0 Å². The Bertz CT molecular complexity index is 308. The molecule has 4 heteroatoms. The average molecular weight is 209 g/mol. The van der Waals surface area contributed by atoms with Crippen molar-refractivity contribution in [2.75, 3.05) is 13.7 Å². The monoisotopic (exact) mass is 209 g/mol. The summed E-state index contributed by atoms with van der Waals surface area (Å²) in [5.74, 6) is 0.473. The molecule has 0 fully saturated rings. The van der Waals surface area contributed by atoms with E-state index in [4.69, 9.17) is 15.2 Å². The molecule has 0 bridgehead atoms. The zero-order valence-corrected chi connectivity index (χ0v) is 8.73. The van der Waals surface area contributed by atoms with Crippen molar-refractivity contribution in [2.45, 2.75) is 13.0 Å². The number of ether oxygens (including phenoxy) is 2. The molecule has 1 aromatic carbocycles. The molecule has 1 rings (SSSR count). The van der Waals surface area contributed by atoms with E-state index >= 15 is 0 Å². The van der Waals surface area contributed by atoms with Gasteiger partial charge in [0, 0.05) is 6.42 Å². The second kappa shape index (κ2) is 6.03. The molecule has 0 saturated heterocycles. The summed E-state index contributed by atoms with van der Waals surface area (Å²) in [5.41, 5.74) is 6.02. The number of carbonyl (C=O) groups is 1. The summed E-state index contributed by atoms with van der Waals surface area (Å²) in [6.45, 7) is 0.846. The molecule has 82 valence electrons. The van der Waals surface area contributed by atoms with Gasteiger partial charge in [-0.1, -0.05) is 12.1 Å². The van der Waals surface area contributed by atoms with E-state index in [0.29, 0.717) is 13.2 Å². The van der Waals surface area contributed by atoms with Gasteiger partial charge < -0.3 is 15.2 Å². The van der Waals surface area contributed by atoms with E-state index < -0.39 is 0 Å². The van der Waals surface area contributed by atoms with Gasteiger partial charge in [-0.05, 0) is 17.7 Å². The lowest BCUT2D eigenvalue weighted by Crippen LogP contribution is -2.13. The summed E-state index contributed by atoms with van der Waals surface area (Å²) < 4.78 is 10.3. The van der Waals surface area contributed by atoms with Crippen molar-refractivity contribution in [3.05, 3.63) is 29.8 Å². The van der Waals surface area contributed by atoms with E-state index in [-0.39, 0.29) is 12.3 Å². The fourth-order valence-electron chi connectivity index (χ4n) is 1.08. The average Bonchev–Trinajstić information content (AvgIpc) is 2.25. The van der Waals surface area contributed by atoms with Gasteiger partial charge in [0.15, 0.2) is 0 Å². The minimum Gasteiger partial charge on any atom is -0.497 e. The van der Waals surface area contributed by atoms with Crippen LogP contribution in [0.3, 0.4) is 0 Å². The summed E-state index contributed by atoms with van der Waals surface area (Å²) in [6, 6.07) is 7.58. The van der Waals surface area contributed by atoms with Crippen molar-refractivity contribution in [3.63, 3.8) is 0 Å². The molecule has 15 heavy (non-hydrogen) atoms. The van der Waals surface area contributed by atoms with Crippen LogP contribution in [0.15, 0.2) is 24.3 Å². The lowest BCUT2D eigenvalue weighted by atomic mass is 10.2. The van der Waals surface area contributed by atoms with Gasteiger partial charge in [-0.3, -0.25) is 4.79 Å². The molecule has 0 heterocycles. The third-order valence-electron chi connectivity index (χ3n) is 1.92. The fraction of sp³-hybridized carbons (Fsp3) is 0.364. The molecule has 0 unspecified atom stereocenters. The highest BCUT2D eigenvalue weighted by Crippen LogP contribution is 2.11. The number of hydrogen-bond acceptors (Lipinski definition) is 3. The van der Waals surface area contributed by atoms with Crippen LogP contribution in [0.25, 0.3) is 0 Å². The zero-order valence-electron chi connectivity index (χ0n) is 8.73. The minimum absolute atomic E-state index is 0.260. The zero-order chi connectivity index (χ0) is 11.1. The van der Waals surface area contributed by atoms with Crippen LogP contribution in [0.2, 0.25) is 0 Å². The largest absolute Gasteiger partial charge is 0.497 e. The highest BCUT2D eigenvalue weighted by molar-refractivity contribution is 5.73. The van der Waals surface area contributed by atoms with Crippen LogP contribution in [0.5, 0.6) is 5.75 Å². The van der Waals surface area contributed by atoms with Gasteiger partial charge in [-0.25, -0.2) is 0 Å². The van der Waals surface area contributed by atoms with E-state index in [0.717, 1.165) is 11.3 Å². The second-order valence-electron chi connectivity index (χ2n) is 3.12. The molecule has 2 N–H and O–H groups in total. The van der Waals surface area contributed by atoms with Crippen LogP contribution in [0, 0.1) is 0 Å². The molecular formula is C11H15NO3. The maximum absolute atomic E-state index is 10.4. The number of nitrogens with two attached hydrogens (primary N) is 1. The third kappa shape index (κ3) is 4.46. The van der Waals surface area contributed by atoms with Gasteiger partial charge in [-0.2, -0.15) is 0 Å². The van der Waals surface area contributed by atoms with E-state index in [2.05, 4.69) is 0 Å². The molecule has 0 aliphatic carbocycles. The van der Waals surface area contributed by atoms with Crippen molar-refractivity contribution in [1.82, 2.24) is 0 Å². The van der Waals surface area contributed by atoms with E-state index in [9.17, 15) is 4.79 Å². The highest BCUT2D eigenvalue weighted by Gasteiger charge is 1.96. The number of rotatable bonds is 6. The topological polar surface area (TPSA) is 61.6 Å². The van der Waals surface area contributed by atoms with Crippen molar-refractivity contribution in [1.29, 1.82) is 0 Å². The number of primary amides is 1. The van der Waals surface area contributed by atoms with Gasteiger partial charge in [0.1, 0.15) is 5.75 Å². The van der Waals surface area contributed by atoms with E-state index in [1.54, 1.807) is 7.11 Å². The molecule has 1 aromatic rings. The third-order valence-corrected chi connectivity index (χ3v) is 1.92. The van der Waals surface area contributed by atoms with Crippen molar-refractivity contribution >= 4 is 5.91 Å². The Balaban J connectivity index is 2.28. The number of benzene rings is 1. The summed E-state index contributed by atoms with van der Waals surface area (Å²) in [7, 11) is 1.62. The predicted octanol–water partition coefficient (Wildman–Crippen LogP) is 1.09. The molecule has 0 spiro atoms. The maximum Gasteiger partial charge on any atom is 0.219 e. The lowest BCUT2D eigenvalue weighted by Gasteiger charge is -2.04. The first-order valence-electron chi connectivity index (χ1n) is 4.71. The number of amides is 1. The summed E-state index contributed by atoms with van der Waals surface area (Å²) >= 11 is 0. The van der Waals surface area contributed by atoms with Gasteiger partial charge in [0.2, 0.25) is 5.91 Å². The second-order valence-corrected chi connectivity index (χ2v) is 3.12. The Hall–Kier alpha value is -1.55. The summed E-state index contributed by atoms with van der Waals surface area (Å²) in [5, 5.41) is 0. The van der Waals surface area contributed by atoms with Crippen LogP contribution < -0.4 is 10.5 Å². The molecule has 0 atom stereocenters. The van der Waals surface area contributed by atoms with Crippen LogP contribution in [-0.4, -0.2) is 19.6 Å². The van der Waals surface area contributed by atoms with Gasteiger partial charge in [-0.15, -0.1) is 0 Å². The molecule has 0 aliphatic heterocycles. The lowest BCUT2D eigenvalue weighted by molar-refractivity contribution is -0.119. The Kier molecular flexibility index (Phi) is 4.63. The van der Waals surface area contributed by atoms with Crippen molar-refractivity contribution in [2.24, 2.45) is 5.73 Å².